The van der Waals surface area contributed by atoms with Crippen LogP contribution >= 0.6 is 0 Å². The summed E-state index contributed by atoms with van der Waals surface area (Å²) in [6.45, 7) is 0. The van der Waals surface area contributed by atoms with Gasteiger partial charge in [-0.05, 0) is 37.1 Å². The van der Waals surface area contributed by atoms with E-state index in [-0.39, 0.29) is 18.1 Å². The van der Waals surface area contributed by atoms with E-state index in [2.05, 4.69) is 5.32 Å². The fourth-order valence-electron chi connectivity index (χ4n) is 1.68. The number of nitrogens with one attached hydrogen (secondary N) is 1. The largest absolute Gasteiger partial charge is 0.508 e. The van der Waals surface area contributed by atoms with Crippen LogP contribution in [0.15, 0.2) is 24.3 Å². The first kappa shape index (κ1) is 15.0. The number of carboxylic acid groups (broad SMARTS) is 1. The van der Waals surface area contributed by atoms with Gasteiger partial charge in [-0.1, -0.05) is 12.8 Å². The Bertz CT molecular complexity index is 414. The fourth-order valence-corrected chi connectivity index (χ4v) is 1.68. The second kappa shape index (κ2) is 8.13. The molecule has 19 heavy (non-hydrogen) atoms. The second-order valence-corrected chi connectivity index (χ2v) is 4.40. The van der Waals surface area contributed by atoms with Gasteiger partial charge in [-0.25, -0.2) is 0 Å². The van der Waals surface area contributed by atoms with Crippen molar-refractivity contribution in [2.75, 3.05) is 5.32 Å². The van der Waals surface area contributed by atoms with E-state index in [0.29, 0.717) is 18.5 Å². The zero-order valence-corrected chi connectivity index (χ0v) is 10.8. The van der Waals surface area contributed by atoms with Crippen LogP contribution < -0.4 is 5.32 Å². The monoisotopic (exact) mass is 265 g/mol. The van der Waals surface area contributed by atoms with Crippen molar-refractivity contribution in [3.63, 3.8) is 0 Å². The predicted molar refractivity (Wildman–Crippen MR) is 72.1 cm³/mol. The lowest BCUT2D eigenvalue weighted by molar-refractivity contribution is -0.137. The molecule has 0 fully saturated rings. The quantitative estimate of drug-likeness (QED) is 0.498. The maximum absolute atomic E-state index is 11.6. The Morgan fingerprint density at radius 3 is 2.11 bits per heavy atom. The van der Waals surface area contributed by atoms with Gasteiger partial charge in [0.15, 0.2) is 0 Å². The average molecular weight is 265 g/mol. The maximum atomic E-state index is 11.6. The molecule has 0 aliphatic carbocycles. The number of carbonyl (C=O) groups excluding carboxylic acids is 1. The smallest absolute Gasteiger partial charge is 0.303 e. The van der Waals surface area contributed by atoms with Crippen molar-refractivity contribution in [1.82, 2.24) is 0 Å². The minimum atomic E-state index is -0.773. The lowest BCUT2D eigenvalue weighted by atomic mass is 10.1. The topological polar surface area (TPSA) is 86.6 Å². The summed E-state index contributed by atoms with van der Waals surface area (Å²) in [6, 6.07) is 6.31. The third-order valence-corrected chi connectivity index (χ3v) is 2.70. The van der Waals surface area contributed by atoms with Gasteiger partial charge in [-0.3, -0.25) is 9.59 Å². The molecular formula is C14H19NO4. The molecule has 0 spiro atoms. The first-order chi connectivity index (χ1) is 9.08. The van der Waals surface area contributed by atoms with E-state index in [1.54, 1.807) is 12.1 Å². The summed E-state index contributed by atoms with van der Waals surface area (Å²) < 4.78 is 0. The van der Waals surface area contributed by atoms with Crippen LogP contribution in [-0.2, 0) is 9.59 Å². The third kappa shape index (κ3) is 7.08. The van der Waals surface area contributed by atoms with Gasteiger partial charge in [0.1, 0.15) is 5.75 Å². The molecule has 104 valence electrons. The SMILES string of the molecule is O=C(O)CCCCCCC(=O)Nc1ccc(O)cc1. The van der Waals surface area contributed by atoms with Crippen LogP contribution in [0.1, 0.15) is 38.5 Å². The van der Waals surface area contributed by atoms with E-state index in [1.165, 1.54) is 12.1 Å². The number of hydrogen-bond donors (Lipinski definition) is 3. The minimum absolute atomic E-state index is 0.0658. The van der Waals surface area contributed by atoms with Gasteiger partial charge in [0.25, 0.3) is 0 Å². The molecule has 0 heterocycles. The molecule has 1 amide bonds. The molecule has 0 radical (unpaired) electrons. The number of benzene rings is 1. The van der Waals surface area contributed by atoms with E-state index >= 15 is 0 Å². The lowest BCUT2D eigenvalue weighted by Crippen LogP contribution is -2.10. The van der Waals surface area contributed by atoms with Gasteiger partial charge < -0.3 is 15.5 Å². The number of rotatable bonds is 8. The highest BCUT2D eigenvalue weighted by molar-refractivity contribution is 5.90. The molecule has 1 rings (SSSR count). The van der Waals surface area contributed by atoms with Gasteiger partial charge in [0.2, 0.25) is 5.91 Å². The number of unbranched alkanes of at least 4 members (excludes halogenated alkanes) is 3. The summed E-state index contributed by atoms with van der Waals surface area (Å²) >= 11 is 0. The molecule has 0 saturated heterocycles. The standard InChI is InChI=1S/C14H19NO4/c16-12-9-7-11(8-10-12)15-13(17)5-3-1-2-4-6-14(18)19/h7-10,16H,1-6H2,(H,15,17)(H,18,19). The van der Waals surface area contributed by atoms with E-state index in [9.17, 15) is 9.59 Å². The van der Waals surface area contributed by atoms with Crippen molar-refractivity contribution in [3.05, 3.63) is 24.3 Å². The highest BCUT2D eigenvalue weighted by Crippen LogP contribution is 2.14. The van der Waals surface area contributed by atoms with Crippen LogP contribution in [0.5, 0.6) is 5.75 Å². The number of phenolic OH excluding ortho intramolecular Hbond substituents is 1. The van der Waals surface area contributed by atoms with Crippen LogP contribution in [0.3, 0.4) is 0 Å². The first-order valence-corrected chi connectivity index (χ1v) is 6.38. The number of aromatic hydroxyl groups is 1. The van der Waals surface area contributed by atoms with Gasteiger partial charge in [-0.2, -0.15) is 0 Å². The Balaban J connectivity index is 2.11. The van der Waals surface area contributed by atoms with E-state index in [1.807, 2.05) is 0 Å². The van der Waals surface area contributed by atoms with Crippen LogP contribution in [0, 0.1) is 0 Å². The van der Waals surface area contributed by atoms with Crippen molar-refractivity contribution < 1.29 is 19.8 Å². The summed E-state index contributed by atoms with van der Waals surface area (Å²) in [5.41, 5.74) is 0.661. The minimum Gasteiger partial charge on any atom is -0.508 e. The number of hydrogen-bond acceptors (Lipinski definition) is 3. The fraction of sp³-hybridized carbons (Fsp3) is 0.429. The van der Waals surface area contributed by atoms with E-state index in [4.69, 9.17) is 10.2 Å². The Morgan fingerprint density at radius 2 is 1.53 bits per heavy atom. The molecule has 3 N–H and O–H groups in total. The molecule has 1 aromatic carbocycles. The molecule has 0 aromatic heterocycles. The lowest BCUT2D eigenvalue weighted by Gasteiger charge is -2.05. The molecule has 0 bridgehead atoms. The molecule has 0 unspecified atom stereocenters. The normalized spacial score (nSPS) is 10.1. The average Bonchev–Trinajstić information content (AvgIpc) is 2.36. The summed E-state index contributed by atoms with van der Waals surface area (Å²) in [5.74, 6) is -0.676. The molecule has 5 nitrogen and oxygen atoms in total. The van der Waals surface area contributed by atoms with Crippen molar-refractivity contribution in [2.45, 2.75) is 38.5 Å². The van der Waals surface area contributed by atoms with Crippen molar-refractivity contribution in [1.29, 1.82) is 0 Å². The molecule has 0 atom stereocenters. The van der Waals surface area contributed by atoms with Crippen molar-refractivity contribution in [3.8, 4) is 5.75 Å². The van der Waals surface area contributed by atoms with Crippen molar-refractivity contribution >= 4 is 17.6 Å². The number of carbonyl (C=O) groups is 2. The zero-order chi connectivity index (χ0) is 14.1. The Labute approximate surface area is 112 Å². The molecule has 0 saturated carbocycles. The zero-order valence-electron chi connectivity index (χ0n) is 10.8. The number of anilines is 1. The second-order valence-electron chi connectivity index (χ2n) is 4.40. The van der Waals surface area contributed by atoms with Crippen LogP contribution in [0.2, 0.25) is 0 Å². The first-order valence-electron chi connectivity index (χ1n) is 6.38. The van der Waals surface area contributed by atoms with Gasteiger partial charge in [0, 0.05) is 18.5 Å². The maximum Gasteiger partial charge on any atom is 0.303 e. The third-order valence-electron chi connectivity index (χ3n) is 2.70. The van der Waals surface area contributed by atoms with Gasteiger partial charge in [-0.15, -0.1) is 0 Å². The summed E-state index contributed by atoms with van der Waals surface area (Å²) in [6.07, 6.45) is 3.72. The molecule has 1 aromatic rings. The van der Waals surface area contributed by atoms with E-state index in [0.717, 1.165) is 19.3 Å². The summed E-state index contributed by atoms with van der Waals surface area (Å²) in [5, 5.41) is 20.3. The van der Waals surface area contributed by atoms with Crippen molar-refractivity contribution in [2.24, 2.45) is 0 Å². The molecule has 5 heteroatoms. The van der Waals surface area contributed by atoms with Crippen LogP contribution in [0.25, 0.3) is 0 Å². The Morgan fingerprint density at radius 1 is 0.947 bits per heavy atom. The Kier molecular flexibility index (Phi) is 6.43. The van der Waals surface area contributed by atoms with Crippen LogP contribution in [0.4, 0.5) is 5.69 Å². The number of amides is 1. The predicted octanol–water partition coefficient (Wildman–Crippen LogP) is 2.76. The molecule has 0 aliphatic heterocycles. The number of carboxylic acids is 1. The van der Waals surface area contributed by atoms with Gasteiger partial charge >= 0.3 is 5.97 Å². The Hall–Kier alpha value is -2.04. The molecular weight excluding hydrogens is 246 g/mol. The number of aliphatic carboxylic acids is 1. The van der Waals surface area contributed by atoms with E-state index < -0.39 is 5.97 Å². The van der Waals surface area contributed by atoms with Crippen LogP contribution in [-0.4, -0.2) is 22.1 Å². The van der Waals surface area contributed by atoms with Gasteiger partial charge in [0.05, 0.1) is 0 Å². The molecule has 0 aliphatic rings. The summed E-state index contributed by atoms with van der Waals surface area (Å²) in [7, 11) is 0. The highest BCUT2D eigenvalue weighted by atomic mass is 16.4. The number of phenols is 1. The highest BCUT2D eigenvalue weighted by Gasteiger charge is 2.02. The summed E-state index contributed by atoms with van der Waals surface area (Å²) in [4.78, 5) is 21.9.